The second kappa shape index (κ2) is 5.64. The van der Waals surface area contributed by atoms with E-state index in [0.29, 0.717) is 5.56 Å². The molecule has 1 atom stereocenters. The summed E-state index contributed by atoms with van der Waals surface area (Å²) in [5.74, 6) is -0.139. The molecule has 0 spiro atoms. The molecule has 0 aliphatic carbocycles. The van der Waals surface area contributed by atoms with Gasteiger partial charge in [0.2, 0.25) is 0 Å². The Morgan fingerprint density at radius 2 is 2.25 bits per heavy atom. The number of nitriles is 1. The lowest BCUT2D eigenvalue weighted by molar-refractivity contribution is 0.0772. The first kappa shape index (κ1) is 13.5. The first-order chi connectivity index (χ1) is 7.47. The second-order valence-corrected chi connectivity index (χ2v) is 5.42. The first-order valence-electron chi connectivity index (χ1n) is 4.59. The van der Waals surface area contributed by atoms with E-state index in [1.165, 1.54) is 4.90 Å². The Labute approximate surface area is 117 Å². The molecule has 0 bridgehead atoms. The van der Waals surface area contributed by atoms with Crippen molar-refractivity contribution in [2.24, 2.45) is 0 Å². The minimum atomic E-state index is -0.428. The summed E-state index contributed by atoms with van der Waals surface area (Å²) < 4.78 is 1.73. The molecule has 0 saturated carbocycles. The molecule has 0 saturated heterocycles. The van der Waals surface area contributed by atoms with E-state index in [9.17, 15) is 4.79 Å². The predicted molar refractivity (Wildman–Crippen MR) is 74.0 cm³/mol. The third-order valence-electron chi connectivity index (χ3n) is 2.25. The average Bonchev–Trinajstić information content (AvgIpc) is 2.29. The average molecular weight is 393 g/mol. The van der Waals surface area contributed by atoms with Gasteiger partial charge in [-0.2, -0.15) is 5.26 Å². The van der Waals surface area contributed by atoms with E-state index < -0.39 is 6.04 Å². The van der Waals surface area contributed by atoms with Crippen molar-refractivity contribution in [2.45, 2.75) is 13.0 Å². The Morgan fingerprint density at radius 3 is 2.81 bits per heavy atom. The van der Waals surface area contributed by atoms with Crippen molar-refractivity contribution < 1.29 is 4.79 Å². The summed E-state index contributed by atoms with van der Waals surface area (Å²) in [6.45, 7) is 1.70. The number of nitrogens with zero attached hydrogens (tertiary/aromatic N) is 2. The molecule has 84 valence electrons. The molecule has 0 fully saturated rings. The smallest absolute Gasteiger partial charge is 0.255 e. The Bertz CT molecular complexity index is 456. The van der Waals surface area contributed by atoms with E-state index in [1.54, 1.807) is 20.0 Å². The maximum Gasteiger partial charge on any atom is 0.255 e. The van der Waals surface area contributed by atoms with Gasteiger partial charge in [-0.05, 0) is 47.7 Å². The zero-order chi connectivity index (χ0) is 12.3. The fourth-order valence-corrected chi connectivity index (χ4v) is 2.04. The summed E-state index contributed by atoms with van der Waals surface area (Å²) in [4.78, 5) is 13.5. The lowest BCUT2D eigenvalue weighted by atomic mass is 10.2. The van der Waals surface area contributed by atoms with Crippen molar-refractivity contribution in [1.29, 1.82) is 5.26 Å². The van der Waals surface area contributed by atoms with Gasteiger partial charge >= 0.3 is 0 Å². The van der Waals surface area contributed by atoms with Gasteiger partial charge in [0.05, 0.1) is 11.6 Å². The number of rotatable bonds is 2. The van der Waals surface area contributed by atoms with Crippen LogP contribution in [0, 0.1) is 14.9 Å². The van der Waals surface area contributed by atoms with Gasteiger partial charge < -0.3 is 4.90 Å². The summed E-state index contributed by atoms with van der Waals surface area (Å²) >= 11 is 5.44. The molecule has 0 aromatic heterocycles. The molecule has 16 heavy (non-hydrogen) atoms. The van der Waals surface area contributed by atoms with Crippen LogP contribution >= 0.6 is 38.5 Å². The Kier molecular flexibility index (Phi) is 4.74. The summed E-state index contributed by atoms with van der Waals surface area (Å²) in [6.07, 6.45) is 0. The van der Waals surface area contributed by atoms with Crippen LogP contribution in [0.25, 0.3) is 0 Å². The summed E-state index contributed by atoms with van der Waals surface area (Å²) in [7, 11) is 1.63. The van der Waals surface area contributed by atoms with E-state index in [4.69, 9.17) is 5.26 Å². The van der Waals surface area contributed by atoms with E-state index in [0.717, 1.165) is 8.04 Å². The van der Waals surface area contributed by atoms with Crippen molar-refractivity contribution in [3.8, 4) is 6.07 Å². The van der Waals surface area contributed by atoms with Gasteiger partial charge in [-0.15, -0.1) is 0 Å². The molecule has 0 N–H and O–H groups in total. The van der Waals surface area contributed by atoms with Gasteiger partial charge in [0.25, 0.3) is 5.91 Å². The van der Waals surface area contributed by atoms with E-state index >= 15 is 0 Å². The molecule has 1 rings (SSSR count). The first-order valence-corrected chi connectivity index (χ1v) is 6.46. The molecule has 1 aromatic carbocycles. The highest BCUT2D eigenvalue weighted by molar-refractivity contribution is 14.1. The van der Waals surface area contributed by atoms with Crippen LogP contribution in [-0.2, 0) is 0 Å². The molecule has 1 aromatic rings. The standard InChI is InChI=1S/C11H10BrIN2O/c1-7(6-14)15(2)11(16)9-5-8(12)3-4-10(9)13/h3-5,7H,1-2H3. The largest absolute Gasteiger partial charge is 0.326 e. The molecule has 3 nitrogen and oxygen atoms in total. The maximum atomic E-state index is 12.1. The van der Waals surface area contributed by atoms with Crippen molar-refractivity contribution in [3.63, 3.8) is 0 Å². The molecular formula is C11H10BrIN2O. The number of amides is 1. The number of halogens is 2. The van der Waals surface area contributed by atoms with Crippen molar-refractivity contribution in [3.05, 3.63) is 31.8 Å². The third-order valence-corrected chi connectivity index (χ3v) is 3.68. The lowest BCUT2D eigenvalue weighted by Crippen LogP contribution is -2.34. The van der Waals surface area contributed by atoms with Crippen LogP contribution in [0.5, 0.6) is 0 Å². The van der Waals surface area contributed by atoms with E-state index in [-0.39, 0.29) is 5.91 Å². The summed E-state index contributed by atoms with van der Waals surface area (Å²) in [6, 6.07) is 7.13. The topological polar surface area (TPSA) is 44.1 Å². The van der Waals surface area contributed by atoms with Crippen molar-refractivity contribution >= 4 is 44.4 Å². The van der Waals surface area contributed by atoms with Crippen LogP contribution in [0.4, 0.5) is 0 Å². The zero-order valence-corrected chi connectivity index (χ0v) is 12.6. The number of carbonyl (C=O) groups is 1. The molecular weight excluding hydrogens is 383 g/mol. The van der Waals surface area contributed by atoms with E-state index in [1.807, 2.05) is 18.2 Å². The van der Waals surface area contributed by atoms with Gasteiger partial charge in [-0.1, -0.05) is 15.9 Å². The fraction of sp³-hybridized carbons (Fsp3) is 0.273. The quantitative estimate of drug-likeness (QED) is 0.726. The van der Waals surface area contributed by atoms with Crippen LogP contribution in [0.3, 0.4) is 0 Å². The zero-order valence-electron chi connectivity index (χ0n) is 8.87. The van der Waals surface area contributed by atoms with E-state index in [2.05, 4.69) is 38.5 Å². The number of benzene rings is 1. The Balaban J connectivity index is 3.06. The number of carbonyl (C=O) groups excluding carboxylic acids is 1. The number of hydrogen-bond donors (Lipinski definition) is 0. The minimum absolute atomic E-state index is 0.139. The molecule has 1 unspecified atom stereocenters. The summed E-state index contributed by atoms with van der Waals surface area (Å²) in [5.41, 5.74) is 0.611. The highest BCUT2D eigenvalue weighted by atomic mass is 127. The summed E-state index contributed by atoms with van der Waals surface area (Å²) in [5, 5.41) is 8.77. The highest BCUT2D eigenvalue weighted by Crippen LogP contribution is 2.20. The fourth-order valence-electron chi connectivity index (χ4n) is 1.11. The lowest BCUT2D eigenvalue weighted by Gasteiger charge is -2.20. The normalized spacial score (nSPS) is 11.7. The van der Waals surface area contributed by atoms with Gasteiger partial charge in [0.1, 0.15) is 6.04 Å². The molecule has 0 aliphatic rings. The van der Waals surface area contributed by atoms with Crippen molar-refractivity contribution in [1.82, 2.24) is 4.90 Å². The van der Waals surface area contributed by atoms with Gasteiger partial charge in [-0.25, -0.2) is 0 Å². The Morgan fingerprint density at radius 1 is 1.62 bits per heavy atom. The second-order valence-electron chi connectivity index (χ2n) is 3.35. The van der Waals surface area contributed by atoms with Crippen molar-refractivity contribution in [2.75, 3.05) is 7.05 Å². The molecule has 1 amide bonds. The highest BCUT2D eigenvalue weighted by Gasteiger charge is 2.19. The van der Waals surface area contributed by atoms with Crippen LogP contribution in [0.15, 0.2) is 22.7 Å². The molecule has 0 aliphatic heterocycles. The van der Waals surface area contributed by atoms with Crippen LogP contribution in [-0.4, -0.2) is 23.9 Å². The van der Waals surface area contributed by atoms with Crippen LogP contribution in [0.1, 0.15) is 17.3 Å². The SMILES string of the molecule is CC(C#N)N(C)C(=O)c1cc(Br)ccc1I. The molecule has 5 heteroatoms. The monoisotopic (exact) mass is 392 g/mol. The molecule has 0 heterocycles. The van der Waals surface area contributed by atoms with Gasteiger partial charge in [0.15, 0.2) is 0 Å². The third kappa shape index (κ3) is 2.95. The van der Waals surface area contributed by atoms with Gasteiger partial charge in [0, 0.05) is 15.1 Å². The molecule has 0 radical (unpaired) electrons. The van der Waals surface area contributed by atoms with Crippen LogP contribution < -0.4 is 0 Å². The number of hydrogen-bond acceptors (Lipinski definition) is 2. The van der Waals surface area contributed by atoms with Gasteiger partial charge in [-0.3, -0.25) is 4.79 Å². The predicted octanol–water partition coefficient (Wildman–Crippen LogP) is 3.04. The minimum Gasteiger partial charge on any atom is -0.326 e. The maximum absolute atomic E-state index is 12.1. The van der Waals surface area contributed by atoms with Crippen LogP contribution in [0.2, 0.25) is 0 Å². The Hall–Kier alpha value is -0.610.